The van der Waals surface area contributed by atoms with Gasteiger partial charge in [0.25, 0.3) is 10.0 Å². The maximum Gasteiger partial charge on any atom is 0.261 e. The van der Waals surface area contributed by atoms with E-state index in [4.69, 9.17) is 11.6 Å². The van der Waals surface area contributed by atoms with Gasteiger partial charge >= 0.3 is 0 Å². The Morgan fingerprint density at radius 3 is 2.33 bits per heavy atom. The quantitative estimate of drug-likeness (QED) is 0.522. The van der Waals surface area contributed by atoms with Crippen LogP contribution in [0.15, 0.2) is 83.8 Å². The van der Waals surface area contributed by atoms with Crippen molar-refractivity contribution in [1.29, 1.82) is 0 Å². The van der Waals surface area contributed by atoms with E-state index in [0.717, 1.165) is 0 Å². The minimum atomic E-state index is -3.80. The molecule has 154 valence electrons. The van der Waals surface area contributed by atoms with Crippen molar-refractivity contribution in [2.45, 2.75) is 11.4 Å². The number of rotatable bonds is 7. The van der Waals surface area contributed by atoms with Crippen LogP contribution in [0.2, 0.25) is 5.02 Å². The molecule has 0 aliphatic rings. The Kier molecular flexibility index (Phi) is 6.87. The third kappa shape index (κ3) is 5.68. The van der Waals surface area contributed by atoms with Gasteiger partial charge in [-0.2, -0.15) is 0 Å². The summed E-state index contributed by atoms with van der Waals surface area (Å²) in [6.07, 6.45) is 2.83. The Morgan fingerprint density at radius 1 is 0.967 bits per heavy atom. The van der Waals surface area contributed by atoms with Crippen LogP contribution in [-0.2, 0) is 21.4 Å². The molecule has 0 saturated heterocycles. The lowest BCUT2D eigenvalue weighted by Gasteiger charge is -2.09. The van der Waals surface area contributed by atoms with Gasteiger partial charge in [0.2, 0.25) is 5.91 Å². The number of anilines is 1. The first-order valence-electron chi connectivity index (χ1n) is 8.92. The van der Waals surface area contributed by atoms with Crippen molar-refractivity contribution in [2.75, 3.05) is 4.72 Å². The second kappa shape index (κ2) is 9.56. The van der Waals surface area contributed by atoms with E-state index in [9.17, 15) is 17.6 Å². The summed E-state index contributed by atoms with van der Waals surface area (Å²) in [5.41, 5.74) is 1.31. The molecule has 0 spiro atoms. The largest absolute Gasteiger partial charge is 0.348 e. The molecular weight excluding hydrogens is 427 g/mol. The summed E-state index contributed by atoms with van der Waals surface area (Å²) >= 11 is 5.99. The average molecular weight is 445 g/mol. The normalized spacial score (nSPS) is 11.4. The molecule has 0 radical (unpaired) electrons. The molecule has 3 rings (SSSR count). The minimum Gasteiger partial charge on any atom is -0.348 e. The van der Waals surface area contributed by atoms with Gasteiger partial charge in [0.1, 0.15) is 5.82 Å². The number of hydrogen-bond donors (Lipinski definition) is 2. The van der Waals surface area contributed by atoms with E-state index in [1.165, 1.54) is 30.4 Å². The van der Waals surface area contributed by atoms with Crippen molar-refractivity contribution in [2.24, 2.45) is 0 Å². The number of benzene rings is 3. The van der Waals surface area contributed by atoms with Gasteiger partial charge in [-0.15, -0.1) is 0 Å². The van der Waals surface area contributed by atoms with Gasteiger partial charge in [0.15, 0.2) is 0 Å². The fourth-order valence-electron chi connectivity index (χ4n) is 2.56. The van der Waals surface area contributed by atoms with Crippen molar-refractivity contribution >= 4 is 39.3 Å². The SMILES string of the molecule is O=C(/C=C/c1ccc(S(=O)(=O)Nc2ccccc2Cl)cc1)NCc1ccccc1F. The first-order valence-corrected chi connectivity index (χ1v) is 10.8. The van der Waals surface area contributed by atoms with Crippen LogP contribution in [0.1, 0.15) is 11.1 Å². The van der Waals surface area contributed by atoms with Gasteiger partial charge in [0.05, 0.1) is 15.6 Å². The van der Waals surface area contributed by atoms with Gasteiger partial charge < -0.3 is 5.32 Å². The highest BCUT2D eigenvalue weighted by Crippen LogP contribution is 2.24. The molecule has 2 N–H and O–H groups in total. The van der Waals surface area contributed by atoms with E-state index < -0.39 is 15.9 Å². The number of halogens is 2. The van der Waals surface area contributed by atoms with Crippen molar-refractivity contribution in [1.82, 2.24) is 5.32 Å². The molecule has 0 bridgehead atoms. The fraction of sp³-hybridized carbons (Fsp3) is 0.0455. The second-order valence-electron chi connectivity index (χ2n) is 6.30. The highest BCUT2D eigenvalue weighted by molar-refractivity contribution is 7.92. The van der Waals surface area contributed by atoms with E-state index in [2.05, 4.69) is 10.0 Å². The smallest absolute Gasteiger partial charge is 0.261 e. The summed E-state index contributed by atoms with van der Waals surface area (Å²) in [6, 6.07) is 18.7. The summed E-state index contributed by atoms with van der Waals surface area (Å²) in [7, 11) is -3.80. The molecule has 0 heterocycles. The maximum absolute atomic E-state index is 13.6. The zero-order chi connectivity index (χ0) is 21.6. The lowest BCUT2D eigenvalue weighted by molar-refractivity contribution is -0.116. The van der Waals surface area contributed by atoms with Crippen LogP contribution in [0, 0.1) is 5.82 Å². The summed E-state index contributed by atoms with van der Waals surface area (Å²) < 4.78 is 41.0. The standard InChI is InChI=1S/C22H18ClFN2O3S/c23-19-6-2-4-8-21(19)26-30(28,29)18-12-9-16(10-13-18)11-14-22(27)25-15-17-5-1-3-7-20(17)24/h1-14,26H,15H2,(H,25,27)/b14-11+. The summed E-state index contributed by atoms with van der Waals surface area (Å²) in [4.78, 5) is 12.0. The Balaban J connectivity index is 1.61. The first-order chi connectivity index (χ1) is 14.3. The molecule has 0 saturated carbocycles. The van der Waals surface area contributed by atoms with Crippen LogP contribution in [-0.4, -0.2) is 14.3 Å². The number of amides is 1. The third-order valence-corrected chi connectivity index (χ3v) is 5.86. The number of carbonyl (C=O) groups excluding carboxylic acids is 1. The molecule has 0 aromatic heterocycles. The second-order valence-corrected chi connectivity index (χ2v) is 8.39. The van der Waals surface area contributed by atoms with Gasteiger partial charge in [-0.05, 0) is 42.0 Å². The number of para-hydroxylation sites is 1. The van der Waals surface area contributed by atoms with Gasteiger partial charge in [0, 0.05) is 18.2 Å². The van der Waals surface area contributed by atoms with Crippen LogP contribution in [0.25, 0.3) is 6.08 Å². The predicted molar refractivity (Wildman–Crippen MR) is 116 cm³/mol. The molecular formula is C22H18ClFN2O3S. The zero-order valence-corrected chi connectivity index (χ0v) is 17.3. The van der Waals surface area contributed by atoms with Gasteiger partial charge in [-0.1, -0.05) is 54.1 Å². The van der Waals surface area contributed by atoms with E-state index in [0.29, 0.717) is 16.1 Å². The zero-order valence-electron chi connectivity index (χ0n) is 15.7. The van der Waals surface area contributed by atoms with Gasteiger partial charge in [-0.25, -0.2) is 12.8 Å². The maximum atomic E-state index is 13.6. The molecule has 5 nitrogen and oxygen atoms in total. The van der Waals surface area contributed by atoms with E-state index in [-0.39, 0.29) is 22.9 Å². The predicted octanol–water partition coefficient (Wildman–Crippen LogP) is 4.61. The van der Waals surface area contributed by atoms with E-state index in [1.807, 2.05) is 0 Å². The highest BCUT2D eigenvalue weighted by atomic mass is 35.5. The minimum absolute atomic E-state index is 0.0589. The third-order valence-electron chi connectivity index (χ3n) is 4.15. The Bertz CT molecular complexity index is 1180. The van der Waals surface area contributed by atoms with Crippen LogP contribution in [0.5, 0.6) is 0 Å². The first kappa shape index (κ1) is 21.5. The van der Waals surface area contributed by atoms with Crippen LogP contribution >= 0.6 is 11.6 Å². The topological polar surface area (TPSA) is 75.3 Å². The molecule has 30 heavy (non-hydrogen) atoms. The Hall–Kier alpha value is -3.16. The summed E-state index contributed by atoms with van der Waals surface area (Å²) in [5.74, 6) is -0.778. The molecule has 0 unspecified atom stereocenters. The molecule has 8 heteroatoms. The molecule has 0 atom stereocenters. The highest BCUT2D eigenvalue weighted by Gasteiger charge is 2.15. The van der Waals surface area contributed by atoms with Crippen molar-refractivity contribution in [3.63, 3.8) is 0 Å². The molecule has 3 aromatic carbocycles. The van der Waals surface area contributed by atoms with Gasteiger partial charge in [-0.3, -0.25) is 9.52 Å². The average Bonchev–Trinajstić information content (AvgIpc) is 2.73. The monoisotopic (exact) mass is 444 g/mol. The molecule has 0 fully saturated rings. The molecule has 0 aliphatic heterocycles. The Morgan fingerprint density at radius 2 is 1.63 bits per heavy atom. The Labute approximate surface area is 179 Å². The summed E-state index contributed by atoms with van der Waals surface area (Å²) in [6.45, 7) is 0.0702. The lowest BCUT2D eigenvalue weighted by Crippen LogP contribution is -2.20. The molecule has 1 amide bonds. The van der Waals surface area contributed by atoms with Crippen molar-refractivity contribution < 1.29 is 17.6 Å². The van der Waals surface area contributed by atoms with Crippen LogP contribution in [0.4, 0.5) is 10.1 Å². The number of carbonyl (C=O) groups is 1. The van der Waals surface area contributed by atoms with Crippen molar-refractivity contribution in [3.05, 3.63) is 101 Å². The molecule has 0 aliphatic carbocycles. The molecule has 3 aromatic rings. The van der Waals surface area contributed by atoms with E-state index in [1.54, 1.807) is 54.6 Å². The fourth-order valence-corrected chi connectivity index (χ4v) is 3.88. The lowest BCUT2D eigenvalue weighted by atomic mass is 10.2. The number of nitrogens with one attached hydrogen (secondary N) is 2. The van der Waals surface area contributed by atoms with Crippen molar-refractivity contribution in [3.8, 4) is 0 Å². The number of hydrogen-bond acceptors (Lipinski definition) is 3. The van der Waals surface area contributed by atoms with Crippen LogP contribution < -0.4 is 10.0 Å². The summed E-state index contributed by atoms with van der Waals surface area (Å²) in [5, 5.41) is 2.89. The van der Waals surface area contributed by atoms with E-state index >= 15 is 0 Å². The van der Waals surface area contributed by atoms with Crippen LogP contribution in [0.3, 0.4) is 0 Å². The number of sulfonamides is 1.